The number of thiophene rings is 1. The van der Waals surface area contributed by atoms with E-state index in [1.807, 2.05) is 6.07 Å². The second-order valence-corrected chi connectivity index (χ2v) is 6.58. The Kier molecular flexibility index (Phi) is 4.34. The van der Waals surface area contributed by atoms with E-state index in [2.05, 4.69) is 15.9 Å². The molecule has 3 nitrogen and oxygen atoms in total. The van der Waals surface area contributed by atoms with Crippen molar-refractivity contribution < 1.29 is 14.3 Å². The van der Waals surface area contributed by atoms with E-state index < -0.39 is 0 Å². The van der Waals surface area contributed by atoms with E-state index in [9.17, 15) is 9.59 Å². The quantitative estimate of drug-likeness (QED) is 0.631. The summed E-state index contributed by atoms with van der Waals surface area (Å²) >= 11 is 4.65. The lowest BCUT2D eigenvalue weighted by Crippen LogP contribution is -2.19. The molecule has 92 valence electrons. The highest BCUT2D eigenvalue weighted by atomic mass is 79.9. The SMILES string of the molecule is O=C(COC(=O)C1CCCC1)c1ccc(Br)s1. The fourth-order valence-corrected chi connectivity index (χ4v) is 3.26. The summed E-state index contributed by atoms with van der Waals surface area (Å²) in [5.41, 5.74) is 0. The van der Waals surface area contributed by atoms with Crippen LogP contribution in [-0.4, -0.2) is 18.4 Å². The van der Waals surface area contributed by atoms with Gasteiger partial charge in [-0.05, 0) is 40.9 Å². The molecule has 0 unspecified atom stereocenters. The third kappa shape index (κ3) is 3.39. The molecule has 0 aromatic carbocycles. The Bertz CT molecular complexity index is 421. The average molecular weight is 317 g/mol. The van der Waals surface area contributed by atoms with Crippen LogP contribution in [0.4, 0.5) is 0 Å². The lowest BCUT2D eigenvalue weighted by Gasteiger charge is -2.08. The molecule has 0 aliphatic heterocycles. The summed E-state index contributed by atoms with van der Waals surface area (Å²) in [5.74, 6) is -0.337. The van der Waals surface area contributed by atoms with Crippen molar-refractivity contribution in [2.75, 3.05) is 6.61 Å². The van der Waals surface area contributed by atoms with Crippen LogP contribution in [-0.2, 0) is 9.53 Å². The van der Waals surface area contributed by atoms with Crippen molar-refractivity contribution >= 4 is 39.0 Å². The summed E-state index contributed by atoms with van der Waals surface area (Å²) < 4.78 is 5.96. The number of carbonyl (C=O) groups excluding carboxylic acids is 2. The summed E-state index contributed by atoms with van der Waals surface area (Å²) in [6.07, 6.45) is 3.98. The summed E-state index contributed by atoms with van der Waals surface area (Å²) in [5, 5.41) is 0. The maximum atomic E-state index is 11.7. The van der Waals surface area contributed by atoms with Gasteiger partial charge in [0, 0.05) is 0 Å². The van der Waals surface area contributed by atoms with E-state index >= 15 is 0 Å². The topological polar surface area (TPSA) is 43.4 Å². The van der Waals surface area contributed by atoms with Crippen molar-refractivity contribution in [3.05, 3.63) is 20.8 Å². The van der Waals surface area contributed by atoms with Crippen molar-refractivity contribution in [1.29, 1.82) is 0 Å². The van der Waals surface area contributed by atoms with Crippen molar-refractivity contribution in [3.8, 4) is 0 Å². The first kappa shape index (κ1) is 12.8. The van der Waals surface area contributed by atoms with Gasteiger partial charge in [-0.2, -0.15) is 0 Å². The van der Waals surface area contributed by atoms with Crippen LogP contribution in [0.3, 0.4) is 0 Å². The fourth-order valence-electron chi connectivity index (χ4n) is 1.95. The van der Waals surface area contributed by atoms with Gasteiger partial charge in [-0.3, -0.25) is 9.59 Å². The molecule has 0 N–H and O–H groups in total. The molecule has 1 heterocycles. The lowest BCUT2D eigenvalue weighted by atomic mass is 10.1. The number of ether oxygens (including phenoxy) is 1. The first-order chi connectivity index (χ1) is 8.16. The van der Waals surface area contributed by atoms with E-state index in [0.717, 1.165) is 29.5 Å². The molecule has 0 radical (unpaired) electrons. The average Bonchev–Trinajstić information content (AvgIpc) is 2.95. The number of rotatable bonds is 4. The van der Waals surface area contributed by atoms with Crippen LogP contribution < -0.4 is 0 Å². The lowest BCUT2D eigenvalue weighted by molar-refractivity contribution is -0.147. The second kappa shape index (κ2) is 5.78. The van der Waals surface area contributed by atoms with Gasteiger partial charge >= 0.3 is 5.97 Å². The molecule has 2 rings (SSSR count). The summed E-state index contributed by atoms with van der Waals surface area (Å²) in [6.45, 7) is -0.137. The van der Waals surface area contributed by atoms with Crippen LogP contribution in [0.15, 0.2) is 15.9 Å². The molecule has 0 amide bonds. The van der Waals surface area contributed by atoms with E-state index in [0.29, 0.717) is 4.88 Å². The first-order valence-electron chi connectivity index (χ1n) is 5.62. The minimum Gasteiger partial charge on any atom is -0.457 e. The highest BCUT2D eigenvalue weighted by Crippen LogP contribution is 2.26. The molecule has 1 fully saturated rings. The molecule has 0 saturated heterocycles. The van der Waals surface area contributed by atoms with Gasteiger partial charge in [0.15, 0.2) is 6.61 Å². The minimum atomic E-state index is -0.216. The van der Waals surface area contributed by atoms with Crippen LogP contribution in [0.5, 0.6) is 0 Å². The van der Waals surface area contributed by atoms with Crippen LogP contribution in [0.25, 0.3) is 0 Å². The van der Waals surface area contributed by atoms with E-state index in [-0.39, 0.29) is 24.3 Å². The zero-order valence-electron chi connectivity index (χ0n) is 9.28. The first-order valence-corrected chi connectivity index (χ1v) is 7.23. The molecular weight excluding hydrogens is 304 g/mol. The standard InChI is InChI=1S/C12H13BrO3S/c13-11-6-5-10(17-11)9(14)7-16-12(15)8-3-1-2-4-8/h5-6,8H,1-4,7H2. The van der Waals surface area contributed by atoms with Gasteiger partial charge in [0.2, 0.25) is 5.78 Å². The van der Waals surface area contributed by atoms with Crippen molar-refractivity contribution in [3.63, 3.8) is 0 Å². The third-order valence-corrected chi connectivity index (χ3v) is 4.55. The zero-order valence-corrected chi connectivity index (χ0v) is 11.7. The van der Waals surface area contributed by atoms with Gasteiger partial charge in [0.05, 0.1) is 14.6 Å². The predicted molar refractivity (Wildman–Crippen MR) is 69.3 cm³/mol. The number of hydrogen-bond acceptors (Lipinski definition) is 4. The molecule has 1 aromatic rings. The predicted octanol–water partition coefficient (Wildman–Crippen LogP) is 3.43. The van der Waals surface area contributed by atoms with Gasteiger partial charge in [0.1, 0.15) is 0 Å². The third-order valence-electron chi connectivity index (χ3n) is 2.88. The maximum Gasteiger partial charge on any atom is 0.309 e. The van der Waals surface area contributed by atoms with Crippen LogP contribution in [0, 0.1) is 5.92 Å². The van der Waals surface area contributed by atoms with Gasteiger partial charge in [-0.15, -0.1) is 11.3 Å². The van der Waals surface area contributed by atoms with Gasteiger partial charge in [-0.25, -0.2) is 0 Å². The van der Waals surface area contributed by atoms with Crippen molar-refractivity contribution in [2.24, 2.45) is 5.92 Å². The molecule has 17 heavy (non-hydrogen) atoms. The van der Waals surface area contributed by atoms with Gasteiger partial charge in [-0.1, -0.05) is 12.8 Å². The van der Waals surface area contributed by atoms with Gasteiger partial charge < -0.3 is 4.74 Å². The maximum absolute atomic E-state index is 11.7. The molecule has 1 aliphatic carbocycles. The fraction of sp³-hybridized carbons (Fsp3) is 0.500. The summed E-state index contributed by atoms with van der Waals surface area (Å²) in [6, 6.07) is 3.55. The highest BCUT2D eigenvalue weighted by molar-refractivity contribution is 9.11. The van der Waals surface area contributed by atoms with Crippen molar-refractivity contribution in [1.82, 2.24) is 0 Å². The number of esters is 1. The Morgan fingerprint density at radius 2 is 2.06 bits per heavy atom. The number of halogens is 1. The van der Waals surface area contributed by atoms with Crippen molar-refractivity contribution in [2.45, 2.75) is 25.7 Å². The van der Waals surface area contributed by atoms with Crippen LogP contribution in [0.1, 0.15) is 35.4 Å². The molecule has 1 aromatic heterocycles. The van der Waals surface area contributed by atoms with E-state index in [1.165, 1.54) is 11.3 Å². The molecule has 1 aliphatic rings. The Morgan fingerprint density at radius 1 is 1.35 bits per heavy atom. The number of hydrogen-bond donors (Lipinski definition) is 0. The van der Waals surface area contributed by atoms with Gasteiger partial charge in [0.25, 0.3) is 0 Å². The van der Waals surface area contributed by atoms with Crippen LogP contribution >= 0.6 is 27.3 Å². The van der Waals surface area contributed by atoms with E-state index in [4.69, 9.17) is 4.74 Å². The molecular formula is C12H13BrO3S. The Labute approximate surface area is 112 Å². The normalized spacial score (nSPS) is 16.1. The number of carbonyl (C=O) groups is 2. The molecule has 5 heteroatoms. The Balaban J connectivity index is 1.81. The smallest absolute Gasteiger partial charge is 0.309 e. The number of ketones is 1. The molecule has 0 bridgehead atoms. The van der Waals surface area contributed by atoms with Crippen LogP contribution in [0.2, 0.25) is 0 Å². The number of Topliss-reactive ketones (excluding diaryl/α,β-unsaturated/α-hetero) is 1. The largest absolute Gasteiger partial charge is 0.457 e. The summed E-state index contributed by atoms with van der Waals surface area (Å²) in [4.78, 5) is 23.9. The molecule has 0 atom stereocenters. The zero-order chi connectivity index (χ0) is 12.3. The Hall–Kier alpha value is -0.680. The second-order valence-electron chi connectivity index (χ2n) is 4.12. The Morgan fingerprint density at radius 3 is 2.65 bits per heavy atom. The molecule has 1 saturated carbocycles. The summed E-state index contributed by atoms with van der Waals surface area (Å²) in [7, 11) is 0. The van der Waals surface area contributed by atoms with E-state index in [1.54, 1.807) is 6.07 Å². The molecule has 0 spiro atoms. The highest BCUT2D eigenvalue weighted by Gasteiger charge is 2.24. The minimum absolute atomic E-state index is 0.0119. The monoisotopic (exact) mass is 316 g/mol.